The Bertz CT molecular complexity index is 917. The minimum absolute atomic E-state index is 0.0989. The van der Waals surface area contributed by atoms with E-state index >= 15 is 0 Å². The van der Waals surface area contributed by atoms with Gasteiger partial charge in [-0.2, -0.15) is 0 Å². The maximum atomic E-state index is 12.9. The van der Waals surface area contributed by atoms with Crippen molar-refractivity contribution in [1.29, 1.82) is 0 Å². The maximum Gasteiger partial charge on any atom is 0.328 e. The molecule has 8 heteroatoms. The maximum absolute atomic E-state index is 12.9. The first-order valence-corrected chi connectivity index (χ1v) is 8.90. The van der Waals surface area contributed by atoms with Gasteiger partial charge in [0.15, 0.2) is 5.78 Å². The molecule has 1 saturated heterocycles. The third kappa shape index (κ3) is 4.43. The first kappa shape index (κ1) is 20.1. The van der Waals surface area contributed by atoms with Crippen LogP contribution in [0.1, 0.15) is 28.3 Å². The number of imide groups is 2. The second kappa shape index (κ2) is 8.55. The molecule has 1 atom stereocenters. The van der Waals surface area contributed by atoms with Crippen LogP contribution in [0.25, 0.3) is 0 Å². The van der Waals surface area contributed by atoms with Gasteiger partial charge in [0.1, 0.15) is 17.4 Å². The second-order valence-electron chi connectivity index (χ2n) is 6.52. The number of urea groups is 1. The Balaban J connectivity index is 1.93. The summed E-state index contributed by atoms with van der Waals surface area (Å²) >= 11 is 0. The quantitative estimate of drug-likeness (QED) is 0.547. The predicted molar refractivity (Wildman–Crippen MR) is 103 cm³/mol. The highest BCUT2D eigenvalue weighted by molar-refractivity contribution is 6.17. The Labute approximate surface area is 167 Å². The molecule has 1 fully saturated rings. The van der Waals surface area contributed by atoms with Gasteiger partial charge in [0.05, 0.1) is 14.2 Å². The normalized spacial score (nSPS) is 15.3. The highest BCUT2D eigenvalue weighted by Gasteiger charge is 2.41. The summed E-state index contributed by atoms with van der Waals surface area (Å²) in [5.41, 5.74) is 1.04. The zero-order valence-electron chi connectivity index (χ0n) is 15.9. The summed E-state index contributed by atoms with van der Waals surface area (Å²) in [6.07, 6.45) is -0.0989. The molecule has 8 nitrogen and oxygen atoms in total. The molecule has 2 aromatic rings. The first-order chi connectivity index (χ1) is 13.9. The monoisotopic (exact) mass is 396 g/mol. The highest BCUT2D eigenvalue weighted by Crippen LogP contribution is 2.32. The number of hydrogen-bond acceptors (Lipinski definition) is 6. The molecule has 0 bridgehead atoms. The number of rotatable bonds is 7. The molecule has 0 radical (unpaired) electrons. The zero-order valence-corrected chi connectivity index (χ0v) is 15.9. The van der Waals surface area contributed by atoms with Crippen molar-refractivity contribution in [2.24, 2.45) is 5.92 Å². The summed E-state index contributed by atoms with van der Waals surface area (Å²) in [5, 5.41) is 4.20. The van der Waals surface area contributed by atoms with Crippen molar-refractivity contribution in [3.05, 3.63) is 59.7 Å². The van der Waals surface area contributed by atoms with Crippen LogP contribution in [0.4, 0.5) is 4.79 Å². The molecule has 1 aliphatic rings. The minimum atomic E-state index is -1.22. The van der Waals surface area contributed by atoms with Crippen molar-refractivity contribution >= 4 is 23.6 Å². The van der Waals surface area contributed by atoms with E-state index in [0.29, 0.717) is 22.6 Å². The zero-order chi connectivity index (χ0) is 21.0. The van der Waals surface area contributed by atoms with Crippen LogP contribution in [-0.4, -0.2) is 37.8 Å². The molecule has 29 heavy (non-hydrogen) atoms. The Morgan fingerprint density at radius 2 is 1.34 bits per heavy atom. The fourth-order valence-corrected chi connectivity index (χ4v) is 3.27. The molecular weight excluding hydrogens is 376 g/mol. The fourth-order valence-electron chi connectivity index (χ4n) is 3.27. The Kier molecular flexibility index (Phi) is 5.92. The summed E-state index contributed by atoms with van der Waals surface area (Å²) in [6.45, 7) is 0. The summed E-state index contributed by atoms with van der Waals surface area (Å²) in [6, 6.07) is 12.5. The molecule has 1 unspecified atom stereocenters. The van der Waals surface area contributed by atoms with E-state index in [1.54, 1.807) is 48.5 Å². The number of ketones is 1. The van der Waals surface area contributed by atoms with Crippen molar-refractivity contribution in [2.45, 2.75) is 12.3 Å². The van der Waals surface area contributed by atoms with Crippen LogP contribution in [0.3, 0.4) is 0 Å². The number of benzene rings is 2. The minimum Gasteiger partial charge on any atom is -0.497 e. The standard InChI is InChI=1S/C21H20N2O6/c1-28-14-7-3-12(4-8-14)16(18-19(25)22-21(27)23-20(18)26)11-17(24)13-5-9-15(29-2)10-6-13/h3-10,16,18H,11H2,1-2H3,(H2,22,23,25,26,27). The van der Waals surface area contributed by atoms with Gasteiger partial charge in [-0.25, -0.2) is 4.79 Å². The van der Waals surface area contributed by atoms with Gasteiger partial charge in [-0.3, -0.25) is 25.0 Å². The molecule has 1 heterocycles. The smallest absolute Gasteiger partial charge is 0.328 e. The van der Waals surface area contributed by atoms with Gasteiger partial charge in [0.2, 0.25) is 11.8 Å². The van der Waals surface area contributed by atoms with E-state index in [9.17, 15) is 19.2 Å². The fraction of sp³-hybridized carbons (Fsp3) is 0.238. The van der Waals surface area contributed by atoms with Gasteiger partial charge in [-0.1, -0.05) is 12.1 Å². The van der Waals surface area contributed by atoms with E-state index in [4.69, 9.17) is 9.47 Å². The Morgan fingerprint density at radius 3 is 1.83 bits per heavy atom. The lowest BCUT2D eigenvalue weighted by molar-refractivity contribution is -0.136. The summed E-state index contributed by atoms with van der Waals surface area (Å²) in [7, 11) is 3.05. The number of barbiturate groups is 1. The third-order valence-electron chi connectivity index (χ3n) is 4.80. The molecule has 1 aliphatic heterocycles. The highest BCUT2D eigenvalue weighted by atomic mass is 16.5. The average molecular weight is 396 g/mol. The van der Waals surface area contributed by atoms with E-state index in [-0.39, 0.29) is 12.2 Å². The van der Waals surface area contributed by atoms with E-state index in [1.807, 2.05) is 0 Å². The SMILES string of the molecule is COc1ccc(C(=O)CC(c2ccc(OC)cc2)C2C(=O)NC(=O)NC2=O)cc1. The summed E-state index contributed by atoms with van der Waals surface area (Å²) in [5.74, 6) is -2.48. The van der Waals surface area contributed by atoms with Gasteiger partial charge in [-0.15, -0.1) is 0 Å². The molecular formula is C21H20N2O6. The van der Waals surface area contributed by atoms with Crippen molar-refractivity contribution in [2.75, 3.05) is 14.2 Å². The van der Waals surface area contributed by atoms with Gasteiger partial charge >= 0.3 is 6.03 Å². The van der Waals surface area contributed by atoms with E-state index in [2.05, 4.69) is 10.6 Å². The van der Waals surface area contributed by atoms with Crippen LogP contribution >= 0.6 is 0 Å². The molecule has 0 aromatic heterocycles. The molecule has 2 aromatic carbocycles. The lowest BCUT2D eigenvalue weighted by Crippen LogP contribution is -2.57. The topological polar surface area (TPSA) is 111 Å². The van der Waals surface area contributed by atoms with Gasteiger partial charge < -0.3 is 9.47 Å². The predicted octanol–water partition coefficient (Wildman–Crippen LogP) is 2.04. The van der Waals surface area contributed by atoms with Crippen molar-refractivity contribution < 1.29 is 28.7 Å². The summed E-state index contributed by atoms with van der Waals surface area (Å²) in [4.78, 5) is 49.1. The van der Waals surface area contributed by atoms with Gasteiger partial charge in [0.25, 0.3) is 0 Å². The molecule has 0 aliphatic carbocycles. The Hall–Kier alpha value is -3.68. The lowest BCUT2D eigenvalue weighted by Gasteiger charge is -2.28. The Morgan fingerprint density at radius 1 is 0.862 bits per heavy atom. The summed E-state index contributed by atoms with van der Waals surface area (Å²) < 4.78 is 10.2. The van der Waals surface area contributed by atoms with Crippen molar-refractivity contribution in [1.82, 2.24) is 10.6 Å². The van der Waals surface area contributed by atoms with E-state index < -0.39 is 29.7 Å². The molecule has 3 rings (SSSR count). The van der Waals surface area contributed by atoms with Crippen LogP contribution in [-0.2, 0) is 9.59 Å². The van der Waals surface area contributed by atoms with Crippen LogP contribution in [0.5, 0.6) is 11.5 Å². The van der Waals surface area contributed by atoms with Gasteiger partial charge in [0, 0.05) is 17.9 Å². The average Bonchev–Trinajstić information content (AvgIpc) is 2.72. The molecule has 4 amide bonds. The number of methoxy groups -OCH3 is 2. The van der Waals surface area contributed by atoms with E-state index in [1.165, 1.54) is 14.2 Å². The van der Waals surface area contributed by atoms with E-state index in [0.717, 1.165) is 0 Å². The van der Waals surface area contributed by atoms with Crippen LogP contribution in [0.15, 0.2) is 48.5 Å². The number of carbonyl (C=O) groups is 4. The molecule has 2 N–H and O–H groups in total. The van der Waals surface area contributed by atoms with Crippen LogP contribution in [0, 0.1) is 5.92 Å². The number of nitrogens with one attached hydrogen (secondary N) is 2. The molecule has 0 saturated carbocycles. The first-order valence-electron chi connectivity index (χ1n) is 8.90. The number of amides is 4. The number of carbonyl (C=O) groups excluding carboxylic acids is 4. The molecule has 0 spiro atoms. The lowest BCUT2D eigenvalue weighted by atomic mass is 9.79. The molecule has 150 valence electrons. The van der Waals surface area contributed by atoms with Crippen molar-refractivity contribution in [3.8, 4) is 11.5 Å². The number of ether oxygens (including phenoxy) is 2. The largest absolute Gasteiger partial charge is 0.497 e. The van der Waals surface area contributed by atoms with Crippen LogP contribution in [0.2, 0.25) is 0 Å². The number of Topliss-reactive ketones (excluding diaryl/α,β-unsaturated/α-hetero) is 1. The third-order valence-corrected chi connectivity index (χ3v) is 4.80. The van der Waals surface area contributed by atoms with Crippen molar-refractivity contribution in [3.63, 3.8) is 0 Å². The van der Waals surface area contributed by atoms with Crippen LogP contribution < -0.4 is 20.1 Å². The van der Waals surface area contributed by atoms with Gasteiger partial charge in [-0.05, 0) is 42.0 Å². The number of hydrogen-bond donors (Lipinski definition) is 2. The second-order valence-corrected chi connectivity index (χ2v) is 6.52.